The van der Waals surface area contributed by atoms with Gasteiger partial charge in [-0.05, 0) is 61.4 Å². The number of halogens is 1. The number of nitrogens with zero attached hydrogens (tertiary/aromatic N) is 2. The van der Waals surface area contributed by atoms with Crippen molar-refractivity contribution in [3.63, 3.8) is 0 Å². The summed E-state index contributed by atoms with van der Waals surface area (Å²) in [6.45, 7) is 8.12. The zero-order valence-corrected chi connectivity index (χ0v) is 17.9. The van der Waals surface area contributed by atoms with Crippen LogP contribution in [0.25, 0.3) is 45.0 Å². The van der Waals surface area contributed by atoms with Crippen LogP contribution in [-0.2, 0) is 0 Å². The molecule has 3 N–H and O–H groups in total. The Bertz CT molecular complexity index is 1440. The Labute approximate surface area is 182 Å². The van der Waals surface area contributed by atoms with Crippen molar-refractivity contribution in [2.75, 3.05) is 13.1 Å². The van der Waals surface area contributed by atoms with Gasteiger partial charge in [-0.2, -0.15) is 9.49 Å². The Morgan fingerprint density at radius 3 is 2.90 bits per heavy atom. The lowest BCUT2D eigenvalue weighted by atomic mass is 10.00. The molecule has 0 amide bonds. The number of aromatic nitrogens is 4. The van der Waals surface area contributed by atoms with Gasteiger partial charge in [-0.3, -0.25) is 10.1 Å². The fraction of sp³-hybridized carbons (Fsp3) is 0.167. The van der Waals surface area contributed by atoms with Crippen LogP contribution in [0.5, 0.6) is 0 Å². The second kappa shape index (κ2) is 8.09. The SMILES string of the molecule is C=C(/C=c1/c(-c2cc3c(-c4ccc(F)s4)nccc3[nH]2)n[nH]/c1=C/C)C1=CCNCC1. The number of allylic oxidation sites excluding steroid dienone is 1. The molecule has 0 bridgehead atoms. The van der Waals surface area contributed by atoms with Crippen LogP contribution < -0.4 is 15.9 Å². The number of nitrogens with one attached hydrogen (secondary N) is 3. The number of hydrogen-bond acceptors (Lipinski definition) is 4. The summed E-state index contributed by atoms with van der Waals surface area (Å²) in [5, 5.41) is 13.7. The maximum Gasteiger partial charge on any atom is 0.177 e. The summed E-state index contributed by atoms with van der Waals surface area (Å²) < 4.78 is 13.6. The maximum absolute atomic E-state index is 13.6. The molecule has 0 aromatic carbocycles. The van der Waals surface area contributed by atoms with Gasteiger partial charge >= 0.3 is 0 Å². The van der Waals surface area contributed by atoms with Gasteiger partial charge < -0.3 is 10.3 Å². The molecule has 0 aliphatic carbocycles. The fourth-order valence-corrected chi connectivity index (χ4v) is 4.68. The van der Waals surface area contributed by atoms with E-state index in [2.05, 4.69) is 44.2 Å². The van der Waals surface area contributed by atoms with Gasteiger partial charge in [-0.15, -0.1) is 11.3 Å². The van der Waals surface area contributed by atoms with Crippen LogP contribution in [0.1, 0.15) is 13.3 Å². The van der Waals surface area contributed by atoms with E-state index < -0.39 is 0 Å². The lowest BCUT2D eigenvalue weighted by Crippen LogP contribution is -2.25. The number of rotatable bonds is 4. The van der Waals surface area contributed by atoms with Crippen molar-refractivity contribution in [2.24, 2.45) is 0 Å². The van der Waals surface area contributed by atoms with Crippen LogP contribution in [-0.4, -0.2) is 33.3 Å². The molecule has 4 aromatic rings. The van der Waals surface area contributed by atoms with Crippen molar-refractivity contribution in [3.8, 4) is 22.0 Å². The van der Waals surface area contributed by atoms with Crippen LogP contribution in [0.3, 0.4) is 0 Å². The minimum atomic E-state index is -0.220. The standard InChI is InChI=1S/C24H22FN5S/c1-3-18-16(12-14(2)15-6-9-26-10-7-15)23(30-29-18)20-13-17-19(28-20)8-11-27-24(17)21-4-5-22(25)31-21/h3-6,8,11-13,26,28-29H,2,7,9-10H2,1H3/b16-12+,18-3+. The predicted octanol–water partition coefficient (Wildman–Crippen LogP) is 3.88. The Morgan fingerprint density at radius 2 is 2.16 bits per heavy atom. The molecule has 0 saturated carbocycles. The van der Waals surface area contributed by atoms with E-state index >= 15 is 0 Å². The van der Waals surface area contributed by atoms with Gasteiger partial charge in [0.05, 0.1) is 21.6 Å². The van der Waals surface area contributed by atoms with Crippen molar-refractivity contribution in [2.45, 2.75) is 13.3 Å². The smallest absolute Gasteiger partial charge is 0.177 e. The van der Waals surface area contributed by atoms with E-state index in [0.717, 1.165) is 79.8 Å². The van der Waals surface area contributed by atoms with Gasteiger partial charge in [0, 0.05) is 28.9 Å². The van der Waals surface area contributed by atoms with Crippen LogP contribution in [0.2, 0.25) is 0 Å². The quantitative estimate of drug-likeness (QED) is 0.459. The van der Waals surface area contributed by atoms with E-state index in [1.165, 1.54) is 11.6 Å². The lowest BCUT2D eigenvalue weighted by Gasteiger charge is -2.13. The third-order valence-electron chi connectivity index (χ3n) is 5.53. The molecule has 0 spiro atoms. The first-order valence-corrected chi connectivity index (χ1v) is 11.0. The van der Waals surface area contributed by atoms with Gasteiger partial charge in [-0.1, -0.05) is 18.7 Å². The summed E-state index contributed by atoms with van der Waals surface area (Å²) in [5.74, 6) is 0. The third kappa shape index (κ3) is 3.66. The van der Waals surface area contributed by atoms with Crippen LogP contribution in [0.15, 0.2) is 54.3 Å². The molecule has 0 atom stereocenters. The van der Waals surface area contributed by atoms with Crippen molar-refractivity contribution >= 4 is 34.4 Å². The molecule has 5 heterocycles. The molecule has 156 valence electrons. The second-order valence-corrected chi connectivity index (χ2v) is 8.48. The lowest BCUT2D eigenvalue weighted by molar-refractivity contribution is 0.657. The van der Waals surface area contributed by atoms with Gasteiger partial charge in [0.2, 0.25) is 0 Å². The average molecular weight is 432 g/mol. The number of thiophene rings is 1. The van der Waals surface area contributed by atoms with Gasteiger partial charge in [0.25, 0.3) is 0 Å². The number of aromatic amines is 2. The molecule has 31 heavy (non-hydrogen) atoms. The third-order valence-corrected chi connectivity index (χ3v) is 6.41. The normalized spacial score (nSPS) is 15.6. The first-order chi connectivity index (χ1) is 15.1. The van der Waals surface area contributed by atoms with Crippen LogP contribution in [0, 0.1) is 5.13 Å². The molecular weight excluding hydrogens is 409 g/mol. The number of hydrogen-bond donors (Lipinski definition) is 3. The van der Waals surface area contributed by atoms with Crippen molar-refractivity contribution in [1.82, 2.24) is 25.5 Å². The van der Waals surface area contributed by atoms with E-state index in [0.29, 0.717) is 0 Å². The topological polar surface area (TPSA) is 69.4 Å². The zero-order valence-electron chi connectivity index (χ0n) is 17.1. The summed E-state index contributed by atoms with van der Waals surface area (Å²) in [5.41, 5.74) is 5.66. The number of H-pyrrole nitrogens is 2. The Kier molecular flexibility index (Phi) is 5.13. The summed E-state index contributed by atoms with van der Waals surface area (Å²) >= 11 is 1.10. The molecule has 0 fully saturated rings. The number of fused-ring (bicyclic) bond motifs is 1. The highest BCUT2D eigenvalue weighted by Crippen LogP contribution is 2.33. The summed E-state index contributed by atoms with van der Waals surface area (Å²) in [7, 11) is 0. The first-order valence-electron chi connectivity index (χ1n) is 10.2. The van der Waals surface area contributed by atoms with Crippen molar-refractivity contribution in [1.29, 1.82) is 0 Å². The van der Waals surface area contributed by atoms with Crippen LogP contribution in [0.4, 0.5) is 4.39 Å². The zero-order chi connectivity index (χ0) is 21.4. The molecular formula is C24H22FN5S. The highest BCUT2D eigenvalue weighted by atomic mass is 32.1. The summed E-state index contributed by atoms with van der Waals surface area (Å²) in [6, 6.07) is 7.20. The summed E-state index contributed by atoms with van der Waals surface area (Å²) in [6.07, 6.45) is 9.01. The van der Waals surface area contributed by atoms with E-state index in [1.54, 1.807) is 12.3 Å². The Morgan fingerprint density at radius 1 is 1.26 bits per heavy atom. The molecule has 5 nitrogen and oxygen atoms in total. The highest BCUT2D eigenvalue weighted by molar-refractivity contribution is 7.13. The molecule has 4 aromatic heterocycles. The molecule has 0 radical (unpaired) electrons. The fourth-order valence-electron chi connectivity index (χ4n) is 3.94. The highest BCUT2D eigenvalue weighted by Gasteiger charge is 2.15. The van der Waals surface area contributed by atoms with E-state index in [1.807, 2.05) is 25.1 Å². The minimum Gasteiger partial charge on any atom is -0.353 e. The Balaban J connectivity index is 1.65. The molecule has 7 heteroatoms. The van der Waals surface area contributed by atoms with E-state index in [9.17, 15) is 4.39 Å². The van der Waals surface area contributed by atoms with Crippen LogP contribution >= 0.6 is 11.3 Å². The van der Waals surface area contributed by atoms with Crippen molar-refractivity contribution in [3.05, 3.63) is 70.0 Å². The second-order valence-electron chi connectivity index (χ2n) is 7.45. The first kappa shape index (κ1) is 19.7. The molecule has 1 aliphatic heterocycles. The summed E-state index contributed by atoms with van der Waals surface area (Å²) in [4.78, 5) is 8.77. The van der Waals surface area contributed by atoms with Gasteiger partial charge in [-0.25, -0.2) is 0 Å². The van der Waals surface area contributed by atoms with Gasteiger partial charge in [0.15, 0.2) is 5.13 Å². The molecule has 5 rings (SSSR count). The van der Waals surface area contributed by atoms with E-state index in [4.69, 9.17) is 0 Å². The predicted molar refractivity (Wildman–Crippen MR) is 126 cm³/mol. The molecule has 0 saturated heterocycles. The molecule has 0 unspecified atom stereocenters. The minimum absolute atomic E-state index is 0.220. The molecule has 1 aliphatic rings. The maximum atomic E-state index is 13.6. The average Bonchev–Trinajstić information content (AvgIpc) is 3.51. The monoisotopic (exact) mass is 431 g/mol. The largest absolute Gasteiger partial charge is 0.353 e. The van der Waals surface area contributed by atoms with Gasteiger partial charge in [0.1, 0.15) is 5.69 Å². The van der Waals surface area contributed by atoms with E-state index in [-0.39, 0.29) is 5.13 Å². The van der Waals surface area contributed by atoms with Crippen molar-refractivity contribution < 1.29 is 4.39 Å². The number of pyridine rings is 1. The Hall–Kier alpha value is -3.29.